The molecular formula is C16H26NNaO11. The summed E-state index contributed by atoms with van der Waals surface area (Å²) in [5.41, 5.74) is 0. The van der Waals surface area contributed by atoms with Crippen LogP contribution in [0.1, 0.15) is 13.8 Å². The minimum absolute atomic E-state index is 0. The zero-order valence-electron chi connectivity index (χ0n) is 16.6. The van der Waals surface area contributed by atoms with Crippen molar-refractivity contribution in [3.05, 3.63) is 0 Å². The van der Waals surface area contributed by atoms with Crippen LogP contribution in [0.4, 0.5) is 0 Å². The summed E-state index contributed by atoms with van der Waals surface area (Å²) in [4.78, 5) is 22.8. The fourth-order valence-electron chi connectivity index (χ4n) is 3.44. The standard InChI is InChI=1S/C16H27NO11.Na/c1-5-8(17-6(2)19)12(9(20)7(4-18)26-5)27-16-11(22)10(21)13(25-3)14(28-16)15(23)24;/h5,7-14,16,18,20-22H,4H2,1-3H3,(H,17,19)(H,23,24);/q;+1/p-1/t5-,7?,8?,9+,10+,11?,12+,13-,14?,16+;/m0./s1. The number of carbonyl (C=O) groups is 2. The van der Waals surface area contributed by atoms with Gasteiger partial charge in [-0.05, 0) is 6.92 Å². The smallest absolute Gasteiger partial charge is 0.547 e. The van der Waals surface area contributed by atoms with Gasteiger partial charge in [-0.15, -0.1) is 0 Å². The molecule has 0 aromatic carbocycles. The van der Waals surface area contributed by atoms with E-state index in [1.54, 1.807) is 6.92 Å². The van der Waals surface area contributed by atoms with E-state index in [-0.39, 0.29) is 29.6 Å². The number of ether oxygens (including phenoxy) is 4. The summed E-state index contributed by atoms with van der Waals surface area (Å²) >= 11 is 0. The number of carbonyl (C=O) groups excluding carboxylic acids is 2. The molecule has 0 aromatic rings. The quantitative estimate of drug-likeness (QED) is 0.251. The van der Waals surface area contributed by atoms with Crippen LogP contribution < -0.4 is 40.0 Å². The third kappa shape index (κ3) is 5.86. The van der Waals surface area contributed by atoms with Crippen LogP contribution >= 0.6 is 0 Å². The summed E-state index contributed by atoms with van der Waals surface area (Å²) < 4.78 is 21.1. The van der Waals surface area contributed by atoms with E-state index in [4.69, 9.17) is 18.9 Å². The number of carboxylic acids is 1. The van der Waals surface area contributed by atoms with E-state index < -0.39 is 79.6 Å². The van der Waals surface area contributed by atoms with Crippen LogP contribution in [0.3, 0.4) is 0 Å². The maximum atomic E-state index is 11.5. The van der Waals surface area contributed by atoms with Crippen LogP contribution in [-0.4, -0.2) is 107 Å². The maximum absolute atomic E-state index is 11.5. The molecule has 0 aromatic heterocycles. The third-order valence-electron chi connectivity index (χ3n) is 4.86. The molecule has 2 fully saturated rings. The van der Waals surface area contributed by atoms with Gasteiger partial charge in [-0.2, -0.15) is 0 Å². The number of aliphatic carboxylic acids is 1. The number of hydrogen-bond acceptors (Lipinski definition) is 11. The fourth-order valence-corrected chi connectivity index (χ4v) is 3.44. The van der Waals surface area contributed by atoms with Gasteiger partial charge in [0, 0.05) is 14.0 Å². The van der Waals surface area contributed by atoms with Gasteiger partial charge in [0.1, 0.15) is 42.7 Å². The predicted molar refractivity (Wildman–Crippen MR) is 86.4 cm³/mol. The third-order valence-corrected chi connectivity index (χ3v) is 4.86. The number of rotatable bonds is 6. The average Bonchev–Trinajstić information content (AvgIpc) is 2.63. The van der Waals surface area contributed by atoms with E-state index in [1.807, 2.05) is 0 Å². The number of hydrogen-bond donors (Lipinski definition) is 5. The van der Waals surface area contributed by atoms with Crippen LogP contribution in [0.15, 0.2) is 0 Å². The number of methoxy groups -OCH3 is 1. The van der Waals surface area contributed by atoms with E-state index in [1.165, 1.54) is 6.92 Å². The molecule has 0 aliphatic carbocycles. The van der Waals surface area contributed by atoms with Crippen molar-refractivity contribution in [2.75, 3.05) is 13.7 Å². The van der Waals surface area contributed by atoms with Crippen molar-refractivity contribution in [1.29, 1.82) is 0 Å². The molecule has 0 bridgehead atoms. The van der Waals surface area contributed by atoms with Crippen LogP contribution in [0.2, 0.25) is 0 Å². The van der Waals surface area contributed by atoms with Gasteiger partial charge >= 0.3 is 29.6 Å². The van der Waals surface area contributed by atoms with Gasteiger partial charge in [0.15, 0.2) is 6.29 Å². The van der Waals surface area contributed by atoms with Crippen molar-refractivity contribution in [1.82, 2.24) is 5.32 Å². The van der Waals surface area contributed by atoms with Gasteiger partial charge < -0.3 is 54.6 Å². The molecule has 4 unspecified atom stereocenters. The van der Waals surface area contributed by atoms with E-state index in [2.05, 4.69) is 5.32 Å². The monoisotopic (exact) mass is 431 g/mol. The van der Waals surface area contributed by atoms with Crippen molar-refractivity contribution in [3.63, 3.8) is 0 Å². The second-order valence-electron chi connectivity index (χ2n) is 6.81. The van der Waals surface area contributed by atoms with Gasteiger partial charge in [0.2, 0.25) is 5.91 Å². The van der Waals surface area contributed by atoms with Gasteiger partial charge in [0.25, 0.3) is 0 Å². The zero-order valence-corrected chi connectivity index (χ0v) is 18.6. The van der Waals surface area contributed by atoms with Crippen LogP contribution in [0, 0.1) is 0 Å². The molecule has 5 N–H and O–H groups in total. The van der Waals surface area contributed by atoms with Crippen molar-refractivity contribution >= 4 is 11.9 Å². The van der Waals surface area contributed by atoms with Gasteiger partial charge in [-0.1, -0.05) is 0 Å². The van der Waals surface area contributed by atoms with Crippen molar-refractivity contribution < 1.29 is 83.6 Å². The number of amides is 1. The first-order valence-corrected chi connectivity index (χ1v) is 8.74. The summed E-state index contributed by atoms with van der Waals surface area (Å²) in [6, 6.07) is -0.912. The molecule has 0 saturated carbocycles. The Labute approximate surface area is 189 Å². The Hall–Kier alpha value is -0.380. The van der Waals surface area contributed by atoms with E-state index in [0.29, 0.717) is 0 Å². The Kier molecular flexibility index (Phi) is 10.4. The van der Waals surface area contributed by atoms with Crippen molar-refractivity contribution in [3.8, 4) is 0 Å². The molecule has 1 amide bonds. The molecule has 0 spiro atoms. The molecule has 2 heterocycles. The Morgan fingerprint density at radius 3 is 2.21 bits per heavy atom. The summed E-state index contributed by atoms with van der Waals surface area (Å²) in [5.74, 6) is -2.15. The molecule has 2 aliphatic heterocycles. The molecule has 13 heteroatoms. The Balaban J connectivity index is 0.00000420. The number of aliphatic hydroxyl groups is 4. The second kappa shape index (κ2) is 11.3. The number of carboxylic acid groups (broad SMARTS) is 1. The molecular weight excluding hydrogens is 405 g/mol. The maximum Gasteiger partial charge on any atom is 1.00 e. The molecule has 162 valence electrons. The van der Waals surface area contributed by atoms with Gasteiger partial charge in [-0.3, -0.25) is 4.79 Å². The van der Waals surface area contributed by atoms with Crippen LogP contribution in [-0.2, 0) is 28.5 Å². The Morgan fingerprint density at radius 1 is 1.10 bits per heavy atom. The summed E-state index contributed by atoms with van der Waals surface area (Å²) in [6.45, 7) is 2.25. The first-order valence-electron chi connectivity index (χ1n) is 8.74. The largest absolute Gasteiger partial charge is 1.00 e. The van der Waals surface area contributed by atoms with Gasteiger partial charge in [-0.25, -0.2) is 0 Å². The zero-order chi connectivity index (χ0) is 21.2. The average molecular weight is 431 g/mol. The second-order valence-corrected chi connectivity index (χ2v) is 6.81. The summed E-state index contributed by atoms with van der Waals surface area (Å²) in [7, 11) is 1.13. The van der Waals surface area contributed by atoms with Crippen LogP contribution in [0.25, 0.3) is 0 Å². The molecule has 0 radical (unpaired) electrons. The first-order chi connectivity index (χ1) is 13.1. The Morgan fingerprint density at radius 2 is 1.72 bits per heavy atom. The SMILES string of the molecule is CO[C@@H]1C(C(=O)[O-])O[C@@H](O[C@@H]2C(NC(C)=O)[C@H](C)OC(CO)[C@H]2O)C(O)[C@H]1O.[Na+]. The molecule has 12 nitrogen and oxygen atoms in total. The van der Waals surface area contributed by atoms with E-state index in [9.17, 15) is 35.1 Å². The van der Waals surface area contributed by atoms with E-state index >= 15 is 0 Å². The first kappa shape index (κ1) is 26.7. The number of nitrogens with one attached hydrogen (secondary N) is 1. The number of aliphatic hydroxyl groups excluding tert-OH is 4. The Bertz CT molecular complexity index is 567. The minimum Gasteiger partial charge on any atom is -0.547 e. The molecule has 2 aliphatic rings. The topological polar surface area (TPSA) is 187 Å². The summed E-state index contributed by atoms with van der Waals surface area (Å²) in [5, 5.41) is 54.2. The molecule has 2 rings (SSSR count). The molecule has 29 heavy (non-hydrogen) atoms. The molecule has 10 atom stereocenters. The normalized spacial score (nSPS) is 42.6. The molecule has 2 saturated heterocycles. The van der Waals surface area contributed by atoms with Crippen LogP contribution in [0.5, 0.6) is 0 Å². The minimum atomic E-state index is -1.75. The predicted octanol–water partition coefficient (Wildman–Crippen LogP) is -7.77. The van der Waals surface area contributed by atoms with Crippen molar-refractivity contribution in [2.24, 2.45) is 0 Å². The van der Waals surface area contributed by atoms with Gasteiger partial charge in [0.05, 0.1) is 24.7 Å². The van der Waals surface area contributed by atoms with Crippen molar-refractivity contribution in [2.45, 2.75) is 75.0 Å². The fraction of sp³-hybridized carbons (Fsp3) is 0.875. The van der Waals surface area contributed by atoms with E-state index in [0.717, 1.165) is 7.11 Å². The summed E-state index contributed by atoms with van der Waals surface area (Å²) in [6.07, 6.45) is -12.7.